The standard InChI is InChI=1S/C20H24N2O2/c23-18-8-9-20(13-22-18,17-4-2-1-3-5-17)19(24)21-12-14-10-16(11-14)15-6-7-15/h1-5,14H,6-13H2,(H,21,24)(H,22,23). The van der Waals surface area contributed by atoms with Gasteiger partial charge in [0.25, 0.3) is 0 Å². The molecule has 0 aromatic heterocycles. The predicted octanol–water partition coefficient (Wildman–Crippen LogP) is 2.45. The number of carbonyl (C=O) groups is 2. The van der Waals surface area contributed by atoms with Crippen LogP contribution >= 0.6 is 0 Å². The number of hydrogen-bond acceptors (Lipinski definition) is 2. The predicted molar refractivity (Wildman–Crippen MR) is 92.4 cm³/mol. The summed E-state index contributed by atoms with van der Waals surface area (Å²) < 4.78 is 0. The molecule has 1 heterocycles. The zero-order valence-electron chi connectivity index (χ0n) is 13.9. The van der Waals surface area contributed by atoms with Crippen LogP contribution in [0.5, 0.6) is 0 Å². The molecule has 1 aromatic rings. The number of rotatable bonds is 4. The average molecular weight is 324 g/mol. The molecule has 1 unspecified atom stereocenters. The maximum absolute atomic E-state index is 13.0. The Hall–Kier alpha value is -2.10. The Kier molecular flexibility index (Phi) is 3.91. The summed E-state index contributed by atoms with van der Waals surface area (Å²) in [6.45, 7) is 1.14. The van der Waals surface area contributed by atoms with Gasteiger partial charge in [0.1, 0.15) is 0 Å². The van der Waals surface area contributed by atoms with Crippen molar-refractivity contribution in [3.63, 3.8) is 0 Å². The Morgan fingerprint density at radius 1 is 1.12 bits per heavy atom. The second-order valence-corrected chi connectivity index (χ2v) is 7.42. The molecule has 2 amide bonds. The Morgan fingerprint density at radius 3 is 2.50 bits per heavy atom. The number of nitrogens with one attached hydrogen (secondary N) is 2. The lowest BCUT2D eigenvalue weighted by Gasteiger charge is -2.37. The van der Waals surface area contributed by atoms with Crippen LogP contribution in [-0.2, 0) is 15.0 Å². The zero-order valence-corrected chi connectivity index (χ0v) is 13.9. The highest BCUT2D eigenvalue weighted by Gasteiger charge is 2.43. The molecule has 2 aliphatic carbocycles. The van der Waals surface area contributed by atoms with E-state index in [0.29, 0.717) is 25.3 Å². The third kappa shape index (κ3) is 2.85. The SMILES string of the molecule is O=C1CCC(C(=O)NCC2CC(=C3CC3)C2)(c2ccccc2)CN1. The molecule has 2 saturated carbocycles. The fourth-order valence-electron chi connectivity index (χ4n) is 3.97. The fraction of sp³-hybridized carbons (Fsp3) is 0.500. The Morgan fingerprint density at radius 2 is 1.88 bits per heavy atom. The molecule has 0 bridgehead atoms. The first-order valence-corrected chi connectivity index (χ1v) is 8.98. The summed E-state index contributed by atoms with van der Waals surface area (Å²) >= 11 is 0. The van der Waals surface area contributed by atoms with Gasteiger partial charge in [-0.1, -0.05) is 41.5 Å². The minimum absolute atomic E-state index is 0.0362. The first-order valence-electron chi connectivity index (χ1n) is 8.98. The van der Waals surface area contributed by atoms with E-state index < -0.39 is 5.41 Å². The molecule has 24 heavy (non-hydrogen) atoms. The summed E-state index contributed by atoms with van der Waals surface area (Å²) in [7, 11) is 0. The summed E-state index contributed by atoms with van der Waals surface area (Å²) in [5.41, 5.74) is 3.67. The molecule has 2 N–H and O–H groups in total. The first-order chi connectivity index (χ1) is 11.7. The van der Waals surface area contributed by atoms with E-state index in [-0.39, 0.29) is 11.8 Å². The van der Waals surface area contributed by atoms with Gasteiger partial charge >= 0.3 is 0 Å². The van der Waals surface area contributed by atoms with Gasteiger partial charge in [0.15, 0.2) is 0 Å². The molecule has 4 rings (SSSR count). The minimum Gasteiger partial charge on any atom is -0.355 e. The third-order valence-electron chi connectivity index (χ3n) is 5.75. The van der Waals surface area contributed by atoms with Gasteiger partial charge in [-0.3, -0.25) is 9.59 Å². The molecule has 1 atom stereocenters. The van der Waals surface area contributed by atoms with Gasteiger partial charge < -0.3 is 10.6 Å². The van der Waals surface area contributed by atoms with Crippen molar-refractivity contribution >= 4 is 11.8 Å². The van der Waals surface area contributed by atoms with E-state index >= 15 is 0 Å². The summed E-state index contributed by atoms with van der Waals surface area (Å²) in [6, 6.07) is 9.87. The summed E-state index contributed by atoms with van der Waals surface area (Å²) in [6.07, 6.45) is 5.89. The van der Waals surface area contributed by atoms with E-state index in [1.807, 2.05) is 30.3 Å². The molecule has 1 aliphatic heterocycles. The van der Waals surface area contributed by atoms with E-state index in [1.54, 1.807) is 11.1 Å². The van der Waals surface area contributed by atoms with Gasteiger partial charge in [-0.05, 0) is 43.6 Å². The van der Waals surface area contributed by atoms with Crippen molar-refractivity contribution in [2.45, 2.75) is 43.9 Å². The second kappa shape index (κ2) is 6.08. The Balaban J connectivity index is 1.44. The van der Waals surface area contributed by atoms with E-state index in [4.69, 9.17) is 0 Å². The maximum Gasteiger partial charge on any atom is 0.232 e. The van der Waals surface area contributed by atoms with E-state index in [1.165, 1.54) is 12.8 Å². The fourth-order valence-corrected chi connectivity index (χ4v) is 3.97. The molecule has 4 heteroatoms. The molecular weight excluding hydrogens is 300 g/mol. The summed E-state index contributed by atoms with van der Waals surface area (Å²) in [5, 5.41) is 6.07. The lowest BCUT2D eigenvalue weighted by atomic mass is 9.73. The van der Waals surface area contributed by atoms with Gasteiger partial charge in [0.2, 0.25) is 11.8 Å². The van der Waals surface area contributed by atoms with Gasteiger partial charge in [0.05, 0.1) is 5.41 Å². The van der Waals surface area contributed by atoms with Gasteiger partial charge in [0, 0.05) is 19.5 Å². The van der Waals surface area contributed by atoms with Crippen LogP contribution in [-0.4, -0.2) is 24.9 Å². The quantitative estimate of drug-likeness (QED) is 0.836. The van der Waals surface area contributed by atoms with Gasteiger partial charge in [-0.15, -0.1) is 0 Å². The van der Waals surface area contributed by atoms with Crippen molar-refractivity contribution in [3.05, 3.63) is 47.0 Å². The van der Waals surface area contributed by atoms with Crippen molar-refractivity contribution in [2.75, 3.05) is 13.1 Å². The highest BCUT2D eigenvalue weighted by atomic mass is 16.2. The van der Waals surface area contributed by atoms with Crippen molar-refractivity contribution < 1.29 is 9.59 Å². The monoisotopic (exact) mass is 324 g/mol. The topological polar surface area (TPSA) is 58.2 Å². The molecule has 126 valence electrons. The lowest BCUT2D eigenvalue weighted by molar-refractivity contribution is -0.131. The molecular formula is C20H24N2O2. The average Bonchev–Trinajstić information content (AvgIpc) is 3.40. The molecule has 0 spiro atoms. The van der Waals surface area contributed by atoms with Crippen LogP contribution < -0.4 is 10.6 Å². The smallest absolute Gasteiger partial charge is 0.232 e. The van der Waals surface area contributed by atoms with Crippen molar-refractivity contribution in [3.8, 4) is 0 Å². The Bertz CT molecular complexity index is 669. The molecule has 1 saturated heterocycles. The van der Waals surface area contributed by atoms with Crippen molar-refractivity contribution in [1.82, 2.24) is 10.6 Å². The third-order valence-corrected chi connectivity index (χ3v) is 5.75. The van der Waals surface area contributed by atoms with Crippen LogP contribution in [0.1, 0.15) is 44.1 Å². The lowest BCUT2D eigenvalue weighted by Crippen LogP contribution is -2.55. The second-order valence-electron chi connectivity index (χ2n) is 7.42. The highest BCUT2D eigenvalue weighted by molar-refractivity contribution is 5.91. The summed E-state index contributed by atoms with van der Waals surface area (Å²) in [4.78, 5) is 24.6. The molecule has 0 radical (unpaired) electrons. The molecule has 1 aromatic carbocycles. The highest BCUT2D eigenvalue weighted by Crippen LogP contribution is 2.44. The zero-order chi connectivity index (χ0) is 16.6. The van der Waals surface area contributed by atoms with Gasteiger partial charge in [-0.2, -0.15) is 0 Å². The van der Waals surface area contributed by atoms with Crippen molar-refractivity contribution in [1.29, 1.82) is 0 Å². The van der Waals surface area contributed by atoms with Crippen LogP contribution in [0.3, 0.4) is 0 Å². The van der Waals surface area contributed by atoms with Gasteiger partial charge in [-0.25, -0.2) is 0 Å². The number of benzene rings is 1. The van der Waals surface area contributed by atoms with E-state index in [0.717, 1.165) is 24.9 Å². The number of piperidine rings is 1. The van der Waals surface area contributed by atoms with Crippen LogP contribution in [0.4, 0.5) is 0 Å². The largest absolute Gasteiger partial charge is 0.355 e. The number of hydrogen-bond donors (Lipinski definition) is 2. The van der Waals surface area contributed by atoms with E-state index in [2.05, 4.69) is 10.6 Å². The maximum atomic E-state index is 13.0. The van der Waals surface area contributed by atoms with Crippen LogP contribution in [0, 0.1) is 5.92 Å². The molecule has 4 nitrogen and oxygen atoms in total. The molecule has 3 aliphatic rings. The minimum atomic E-state index is -0.628. The number of amides is 2. The van der Waals surface area contributed by atoms with Crippen LogP contribution in [0.2, 0.25) is 0 Å². The van der Waals surface area contributed by atoms with E-state index in [9.17, 15) is 9.59 Å². The van der Waals surface area contributed by atoms with Crippen LogP contribution in [0.25, 0.3) is 0 Å². The first kappa shape index (κ1) is 15.4. The van der Waals surface area contributed by atoms with Crippen molar-refractivity contribution in [2.24, 2.45) is 5.92 Å². The Labute approximate surface area is 142 Å². The normalized spacial score (nSPS) is 28.8. The number of carbonyl (C=O) groups excluding carboxylic acids is 2. The summed E-state index contributed by atoms with van der Waals surface area (Å²) in [5.74, 6) is 0.679. The van der Waals surface area contributed by atoms with Crippen LogP contribution in [0.15, 0.2) is 41.5 Å². The molecule has 3 fully saturated rings. The number of allylic oxidation sites excluding steroid dienone is 2.